The van der Waals surface area contributed by atoms with E-state index in [0.29, 0.717) is 18.4 Å². The molecule has 0 aliphatic carbocycles. The molecule has 1 atom stereocenters. The third-order valence-corrected chi connectivity index (χ3v) is 5.11. The highest BCUT2D eigenvalue weighted by molar-refractivity contribution is 7.98. The molecule has 1 amide bonds. The fourth-order valence-electron chi connectivity index (χ4n) is 3.03. The van der Waals surface area contributed by atoms with Gasteiger partial charge < -0.3 is 14.6 Å². The van der Waals surface area contributed by atoms with Crippen LogP contribution < -0.4 is 5.32 Å². The van der Waals surface area contributed by atoms with E-state index in [-0.39, 0.29) is 12.6 Å². The summed E-state index contributed by atoms with van der Waals surface area (Å²) in [6.07, 6.45) is 6.50. The van der Waals surface area contributed by atoms with E-state index in [1.165, 1.54) is 7.11 Å². The molecule has 7 heteroatoms. The average molecular weight is 395 g/mol. The van der Waals surface area contributed by atoms with Gasteiger partial charge in [0.25, 0.3) is 5.91 Å². The van der Waals surface area contributed by atoms with Gasteiger partial charge in [-0.25, -0.2) is 4.79 Å². The number of unbranched alkanes of at least 4 members (excludes halogenated alkanes) is 2. The Hall–Kier alpha value is -2.02. The lowest BCUT2D eigenvalue weighted by atomic mass is 10.1. The van der Waals surface area contributed by atoms with E-state index in [9.17, 15) is 14.0 Å². The maximum Gasteiger partial charge on any atom is 0.328 e. The number of nitrogens with zero attached hydrogens (tertiary/aromatic N) is 1. The molecule has 27 heavy (non-hydrogen) atoms. The Morgan fingerprint density at radius 3 is 2.74 bits per heavy atom. The Morgan fingerprint density at radius 1 is 1.26 bits per heavy atom. The van der Waals surface area contributed by atoms with Gasteiger partial charge in [-0.3, -0.25) is 9.18 Å². The molecule has 0 unspecified atom stereocenters. The van der Waals surface area contributed by atoms with Gasteiger partial charge in [-0.2, -0.15) is 11.8 Å². The van der Waals surface area contributed by atoms with Crippen LogP contribution in [0.3, 0.4) is 0 Å². The van der Waals surface area contributed by atoms with Gasteiger partial charge in [-0.1, -0.05) is 18.2 Å². The summed E-state index contributed by atoms with van der Waals surface area (Å²) >= 11 is 1.61. The summed E-state index contributed by atoms with van der Waals surface area (Å²) in [6, 6.07) is 7.02. The maximum atomic E-state index is 12.9. The topological polar surface area (TPSA) is 60.3 Å². The predicted octanol–water partition coefficient (Wildman–Crippen LogP) is 3.81. The molecule has 0 saturated heterocycles. The van der Waals surface area contributed by atoms with Gasteiger partial charge >= 0.3 is 5.97 Å². The first-order valence-corrected chi connectivity index (χ1v) is 10.5. The normalized spacial score (nSPS) is 12.1. The number of para-hydroxylation sites is 1. The first-order chi connectivity index (χ1) is 13.1. The quantitative estimate of drug-likeness (QED) is 0.465. The summed E-state index contributed by atoms with van der Waals surface area (Å²) in [7, 11) is 1.32. The highest BCUT2D eigenvalue weighted by Gasteiger charge is 2.23. The van der Waals surface area contributed by atoms with Gasteiger partial charge in [0, 0.05) is 23.6 Å². The van der Waals surface area contributed by atoms with Crippen LogP contribution in [0, 0.1) is 0 Å². The molecule has 1 aromatic carbocycles. The van der Waals surface area contributed by atoms with Crippen LogP contribution >= 0.6 is 11.8 Å². The van der Waals surface area contributed by atoms with Crippen LogP contribution in [0.4, 0.5) is 4.39 Å². The lowest BCUT2D eigenvalue weighted by molar-refractivity contribution is -0.142. The number of hydrogen-bond acceptors (Lipinski definition) is 4. The second kappa shape index (κ2) is 11.0. The van der Waals surface area contributed by atoms with Crippen molar-refractivity contribution >= 4 is 34.5 Å². The van der Waals surface area contributed by atoms with Crippen molar-refractivity contribution in [3.05, 3.63) is 36.0 Å². The van der Waals surface area contributed by atoms with E-state index < -0.39 is 12.0 Å². The smallest absolute Gasteiger partial charge is 0.328 e. The zero-order valence-corrected chi connectivity index (χ0v) is 16.7. The Kier molecular flexibility index (Phi) is 8.64. The molecule has 0 radical (unpaired) electrons. The van der Waals surface area contributed by atoms with Gasteiger partial charge in [0.15, 0.2) is 0 Å². The number of fused-ring (bicyclic) bond motifs is 1. The van der Waals surface area contributed by atoms with E-state index >= 15 is 0 Å². The van der Waals surface area contributed by atoms with E-state index in [2.05, 4.69) is 5.32 Å². The molecule has 148 valence electrons. The van der Waals surface area contributed by atoms with Gasteiger partial charge in [0.2, 0.25) is 0 Å². The number of thioether (sulfide) groups is 1. The number of esters is 1. The zero-order valence-electron chi connectivity index (χ0n) is 15.9. The number of halogens is 1. The van der Waals surface area contributed by atoms with E-state index in [4.69, 9.17) is 4.74 Å². The molecular formula is C20H27FN2O3S. The third-order valence-electron chi connectivity index (χ3n) is 4.47. The van der Waals surface area contributed by atoms with Crippen LogP contribution in [0.1, 0.15) is 36.0 Å². The summed E-state index contributed by atoms with van der Waals surface area (Å²) in [6.45, 7) is 0.422. The van der Waals surface area contributed by atoms with Crippen molar-refractivity contribution < 1.29 is 18.7 Å². The summed E-state index contributed by atoms with van der Waals surface area (Å²) in [5.74, 6) is 0.0219. The number of nitrogens with one attached hydrogen (secondary N) is 1. The first kappa shape index (κ1) is 21.3. The summed E-state index contributed by atoms with van der Waals surface area (Å²) in [5.41, 5.74) is 1.50. The van der Waals surface area contributed by atoms with Gasteiger partial charge in [-0.05, 0) is 43.8 Å². The fourth-order valence-corrected chi connectivity index (χ4v) is 3.50. The molecule has 1 heterocycles. The molecular weight excluding hydrogens is 367 g/mol. The Morgan fingerprint density at radius 2 is 2.04 bits per heavy atom. The highest BCUT2D eigenvalue weighted by Crippen LogP contribution is 2.22. The molecule has 1 N–H and O–H groups in total. The maximum absolute atomic E-state index is 12.9. The average Bonchev–Trinajstić information content (AvgIpc) is 3.06. The molecule has 2 aromatic rings. The molecule has 0 aliphatic heterocycles. The van der Waals surface area contributed by atoms with Crippen molar-refractivity contribution in [2.45, 2.75) is 38.3 Å². The molecule has 0 bridgehead atoms. The standard InChI is InChI=1S/C20H27FN2O3S/c1-26-20(25)17(10-13-27-2)22-19(24)16-14-23(12-7-3-6-11-21)18-9-5-4-8-15(16)18/h4-5,8-9,14,17H,3,6-7,10-13H2,1-2H3,(H,22,24)/t17-/m1/s1. The molecule has 5 nitrogen and oxygen atoms in total. The lowest BCUT2D eigenvalue weighted by Gasteiger charge is -2.15. The molecule has 0 spiro atoms. The summed E-state index contributed by atoms with van der Waals surface area (Å²) < 4.78 is 19.1. The number of carbonyl (C=O) groups excluding carboxylic acids is 2. The molecule has 0 saturated carbocycles. The monoisotopic (exact) mass is 394 g/mol. The van der Waals surface area contributed by atoms with Crippen LogP contribution in [0.15, 0.2) is 30.5 Å². The number of benzene rings is 1. The Bertz CT molecular complexity index is 763. The van der Waals surface area contributed by atoms with Gasteiger partial charge in [0.1, 0.15) is 6.04 Å². The van der Waals surface area contributed by atoms with Crippen LogP contribution in [0.25, 0.3) is 10.9 Å². The zero-order chi connectivity index (χ0) is 19.6. The summed E-state index contributed by atoms with van der Waals surface area (Å²) in [4.78, 5) is 24.8. The first-order valence-electron chi connectivity index (χ1n) is 9.13. The minimum atomic E-state index is -0.665. The number of methoxy groups -OCH3 is 1. The van der Waals surface area contributed by atoms with Crippen LogP contribution in [0.2, 0.25) is 0 Å². The number of carbonyl (C=O) groups is 2. The highest BCUT2D eigenvalue weighted by atomic mass is 32.2. The number of aromatic nitrogens is 1. The Balaban J connectivity index is 2.20. The number of alkyl halides is 1. The van der Waals surface area contributed by atoms with Crippen molar-refractivity contribution in [3.63, 3.8) is 0 Å². The molecule has 0 aliphatic rings. The van der Waals surface area contributed by atoms with Crippen molar-refractivity contribution in [2.24, 2.45) is 0 Å². The predicted molar refractivity (Wildman–Crippen MR) is 108 cm³/mol. The van der Waals surface area contributed by atoms with Crippen LogP contribution in [-0.2, 0) is 16.1 Å². The number of amides is 1. The Labute approximate surface area is 163 Å². The third kappa shape index (κ3) is 5.73. The van der Waals surface area contributed by atoms with Crippen LogP contribution in [-0.4, -0.2) is 48.3 Å². The van der Waals surface area contributed by atoms with Crippen molar-refractivity contribution in [2.75, 3.05) is 25.8 Å². The number of aryl methyl sites for hydroxylation is 1. The minimum absolute atomic E-state index is 0.287. The fraction of sp³-hybridized carbons (Fsp3) is 0.500. The van der Waals surface area contributed by atoms with Crippen LogP contribution in [0.5, 0.6) is 0 Å². The number of rotatable bonds is 11. The van der Waals surface area contributed by atoms with E-state index in [1.807, 2.05) is 41.3 Å². The van der Waals surface area contributed by atoms with E-state index in [1.54, 1.807) is 11.8 Å². The largest absolute Gasteiger partial charge is 0.467 e. The van der Waals surface area contributed by atoms with Gasteiger partial charge in [-0.15, -0.1) is 0 Å². The number of ether oxygens (including phenoxy) is 1. The second-order valence-corrected chi connectivity index (χ2v) is 7.32. The van der Waals surface area contributed by atoms with Crippen molar-refractivity contribution in [1.29, 1.82) is 0 Å². The van der Waals surface area contributed by atoms with E-state index in [0.717, 1.165) is 36.0 Å². The molecule has 2 rings (SSSR count). The number of hydrogen-bond donors (Lipinski definition) is 1. The van der Waals surface area contributed by atoms with Crippen molar-refractivity contribution in [3.8, 4) is 0 Å². The SMILES string of the molecule is COC(=O)[C@@H](CCSC)NC(=O)c1cn(CCCCCF)c2ccccc12. The lowest BCUT2D eigenvalue weighted by Crippen LogP contribution is -2.41. The minimum Gasteiger partial charge on any atom is -0.467 e. The van der Waals surface area contributed by atoms with Gasteiger partial charge in [0.05, 0.1) is 19.3 Å². The molecule has 1 aromatic heterocycles. The van der Waals surface area contributed by atoms with Crippen molar-refractivity contribution in [1.82, 2.24) is 9.88 Å². The molecule has 0 fully saturated rings. The summed E-state index contributed by atoms with van der Waals surface area (Å²) in [5, 5.41) is 3.65. The second-order valence-electron chi connectivity index (χ2n) is 6.33.